The molecule has 12 rings (SSSR count). The van der Waals surface area contributed by atoms with Crippen molar-refractivity contribution in [2.75, 3.05) is 0 Å². The molecule has 288 valence electrons. The molecule has 0 saturated carbocycles. The van der Waals surface area contributed by atoms with Crippen molar-refractivity contribution in [2.24, 2.45) is 15.9 Å². The summed E-state index contributed by atoms with van der Waals surface area (Å²) in [6.45, 7) is 2.33. The van der Waals surface area contributed by atoms with E-state index in [0.29, 0.717) is 5.84 Å². The van der Waals surface area contributed by atoms with E-state index in [1.54, 1.807) is 0 Å². The van der Waals surface area contributed by atoms with Crippen molar-refractivity contribution in [3.8, 4) is 16.8 Å². The van der Waals surface area contributed by atoms with Gasteiger partial charge in [-0.25, -0.2) is 9.98 Å². The molecule has 1 aliphatic rings. The fourth-order valence-corrected chi connectivity index (χ4v) is 10.6. The third-order valence-electron chi connectivity index (χ3n) is 12.4. The molecule has 11 aromatic rings. The van der Waals surface area contributed by atoms with Crippen molar-refractivity contribution in [1.82, 2.24) is 4.57 Å². The molecule has 0 spiro atoms. The van der Waals surface area contributed by atoms with E-state index in [1.165, 1.54) is 63.5 Å². The van der Waals surface area contributed by atoms with E-state index < -0.39 is 0 Å². The molecule has 1 atom stereocenters. The van der Waals surface area contributed by atoms with Crippen LogP contribution in [0.25, 0.3) is 86.0 Å². The first kappa shape index (κ1) is 35.5. The zero-order valence-corrected chi connectivity index (χ0v) is 34.4. The summed E-state index contributed by atoms with van der Waals surface area (Å²) < 4.78 is 4.98. The summed E-state index contributed by atoms with van der Waals surface area (Å²) in [4.78, 5) is 11.4. The van der Waals surface area contributed by atoms with Crippen molar-refractivity contribution >= 4 is 92.1 Å². The second kappa shape index (κ2) is 14.4. The van der Waals surface area contributed by atoms with E-state index in [-0.39, 0.29) is 5.92 Å². The van der Waals surface area contributed by atoms with Gasteiger partial charge in [-0.3, -0.25) is 0 Å². The lowest BCUT2D eigenvalue weighted by atomic mass is 9.90. The Morgan fingerprint density at radius 1 is 0.475 bits per heavy atom. The highest BCUT2D eigenvalue weighted by Gasteiger charge is 2.25. The van der Waals surface area contributed by atoms with Crippen molar-refractivity contribution < 1.29 is 0 Å². The van der Waals surface area contributed by atoms with Crippen LogP contribution in [0.3, 0.4) is 0 Å². The molecule has 0 fully saturated rings. The molecule has 0 N–H and O–H groups in total. The normalized spacial score (nSPS) is 17.3. The van der Waals surface area contributed by atoms with Crippen LogP contribution in [0.4, 0.5) is 0 Å². The lowest BCUT2D eigenvalue weighted by molar-refractivity contribution is 0.791. The molecule has 0 aliphatic carbocycles. The second-order valence-electron chi connectivity index (χ2n) is 16.2. The number of benzene rings is 9. The van der Waals surface area contributed by atoms with E-state index in [9.17, 15) is 0 Å². The predicted octanol–water partition coefficient (Wildman–Crippen LogP) is 15.4. The van der Waals surface area contributed by atoms with Crippen LogP contribution in [0.1, 0.15) is 30.0 Å². The van der Waals surface area contributed by atoms with Crippen LogP contribution in [0.2, 0.25) is 0 Å². The summed E-state index contributed by atoms with van der Waals surface area (Å²) >= 11 is 1.86. The zero-order chi connectivity index (χ0) is 40.4. The Hall–Kier alpha value is -7.40. The van der Waals surface area contributed by atoms with Crippen LogP contribution in [-0.2, 0) is 0 Å². The molecule has 1 unspecified atom stereocenters. The second-order valence-corrected chi connectivity index (χ2v) is 17.2. The van der Waals surface area contributed by atoms with Gasteiger partial charge in [0.1, 0.15) is 0 Å². The number of thiophene rings is 1. The molecule has 9 aromatic carbocycles. The fourth-order valence-electron chi connectivity index (χ4n) is 9.46. The van der Waals surface area contributed by atoms with Crippen molar-refractivity contribution in [2.45, 2.75) is 13.3 Å². The topological polar surface area (TPSA) is 29.6 Å². The first-order valence-corrected chi connectivity index (χ1v) is 21.9. The Morgan fingerprint density at radius 3 is 2.02 bits per heavy atom. The molecule has 0 saturated heterocycles. The van der Waals surface area contributed by atoms with E-state index >= 15 is 0 Å². The average molecular weight is 798 g/mol. The highest BCUT2D eigenvalue weighted by atomic mass is 32.1. The largest absolute Gasteiger partial charge is 0.309 e. The van der Waals surface area contributed by atoms with Crippen LogP contribution >= 0.6 is 11.3 Å². The molecule has 0 bridgehead atoms. The predicted molar refractivity (Wildman–Crippen MR) is 262 cm³/mol. The van der Waals surface area contributed by atoms with Crippen molar-refractivity contribution in [1.29, 1.82) is 0 Å². The van der Waals surface area contributed by atoms with Gasteiger partial charge in [-0.1, -0.05) is 165 Å². The van der Waals surface area contributed by atoms with Gasteiger partial charge in [-0.05, 0) is 81.6 Å². The molecule has 2 aromatic heterocycles. The number of fused-ring (bicyclic) bond motifs is 8. The fraction of sp³-hybridized carbons (Fsp3) is 0.0526. The number of aromatic nitrogens is 1. The standard InChI is InChI=1S/C57H39N3S/c1-36-29-30-50(45-26-14-20-38-17-7-8-23-44(38)45)58-57(42-22-13-21-39(31-42)37-15-3-2-4-16-37)59-56(36)49-34-43(35-54-55(49)47-25-10-12-28-53(47)61-54)60-51-27-11-9-24-46(51)48-32-40-18-5-6-19-41(40)33-52(48)60/h2-28,30-36H,29H2,1H3/b50-30+,58-57-,59-56+. The van der Waals surface area contributed by atoms with Crippen molar-refractivity contribution in [3.63, 3.8) is 0 Å². The first-order chi connectivity index (χ1) is 30.1. The minimum absolute atomic E-state index is 0.0759. The maximum absolute atomic E-state index is 5.79. The lowest BCUT2D eigenvalue weighted by Crippen LogP contribution is -2.18. The molecule has 3 nitrogen and oxygen atoms in total. The Kier molecular flexibility index (Phi) is 8.39. The van der Waals surface area contributed by atoms with E-state index in [4.69, 9.17) is 9.98 Å². The van der Waals surface area contributed by atoms with Crippen molar-refractivity contribution in [3.05, 3.63) is 217 Å². The number of nitrogens with zero attached hydrogens (tertiary/aromatic N) is 3. The van der Waals surface area contributed by atoms with Crippen LogP contribution < -0.4 is 0 Å². The number of allylic oxidation sites excluding steroid dienone is 1. The minimum atomic E-state index is 0.0759. The van der Waals surface area contributed by atoms with Gasteiger partial charge in [0.15, 0.2) is 5.84 Å². The highest BCUT2D eigenvalue weighted by Crippen LogP contribution is 2.42. The molecule has 0 amide bonds. The number of rotatable bonds is 5. The van der Waals surface area contributed by atoms with Gasteiger partial charge in [0, 0.05) is 59.2 Å². The number of aliphatic imine (C=N–C) groups is 2. The SMILES string of the molecule is CC1C/C=C(c2cccc3ccccc23)/N=C(c2cccc(-c3ccccc3)c2)\N=C/1c1cc(-n2c3ccccc3c3cc4ccccc4cc32)cc2sc3ccccc3c12. The molecule has 3 heterocycles. The third-order valence-corrected chi connectivity index (χ3v) is 13.5. The van der Waals surface area contributed by atoms with Crippen LogP contribution in [0.5, 0.6) is 0 Å². The molecular formula is C57H39N3S. The monoisotopic (exact) mass is 797 g/mol. The molecule has 4 heteroatoms. The summed E-state index contributed by atoms with van der Waals surface area (Å²) in [5.41, 5.74) is 11.1. The van der Waals surface area contributed by atoms with Gasteiger partial charge in [-0.15, -0.1) is 11.3 Å². The van der Waals surface area contributed by atoms with E-state index in [2.05, 4.69) is 212 Å². The molecule has 1 aliphatic heterocycles. The molecule has 61 heavy (non-hydrogen) atoms. The summed E-state index contributed by atoms with van der Waals surface area (Å²) in [6.07, 6.45) is 3.13. The van der Waals surface area contributed by atoms with E-state index in [1.807, 2.05) is 11.3 Å². The summed E-state index contributed by atoms with van der Waals surface area (Å²) in [5, 5.41) is 9.86. The number of para-hydroxylation sites is 1. The van der Waals surface area contributed by atoms with Gasteiger partial charge in [0.05, 0.1) is 22.4 Å². The average Bonchev–Trinajstić information content (AvgIpc) is 3.85. The maximum atomic E-state index is 5.79. The van der Waals surface area contributed by atoms with Gasteiger partial charge < -0.3 is 4.57 Å². The van der Waals surface area contributed by atoms with Crippen LogP contribution in [-0.4, -0.2) is 16.1 Å². The smallest absolute Gasteiger partial charge is 0.160 e. The Balaban J connectivity index is 1.14. The molecule has 0 radical (unpaired) electrons. The number of amidine groups is 1. The first-order valence-electron chi connectivity index (χ1n) is 21.0. The van der Waals surface area contributed by atoms with E-state index in [0.717, 1.165) is 51.3 Å². The summed E-state index contributed by atoms with van der Waals surface area (Å²) in [5.74, 6) is 0.784. The third kappa shape index (κ3) is 6.02. The van der Waals surface area contributed by atoms with Gasteiger partial charge in [0.25, 0.3) is 0 Å². The molecular weight excluding hydrogens is 759 g/mol. The number of hydrogen-bond acceptors (Lipinski definition) is 3. The van der Waals surface area contributed by atoms with Gasteiger partial charge in [-0.2, -0.15) is 0 Å². The summed E-state index contributed by atoms with van der Waals surface area (Å²) in [6, 6.07) is 70.3. The summed E-state index contributed by atoms with van der Waals surface area (Å²) in [7, 11) is 0. The Morgan fingerprint density at radius 2 is 1.15 bits per heavy atom. The zero-order valence-electron chi connectivity index (χ0n) is 33.6. The van der Waals surface area contributed by atoms with Gasteiger partial charge in [0.2, 0.25) is 0 Å². The number of hydrogen-bond donors (Lipinski definition) is 0. The highest BCUT2D eigenvalue weighted by molar-refractivity contribution is 7.26. The van der Waals surface area contributed by atoms with Gasteiger partial charge >= 0.3 is 0 Å². The van der Waals surface area contributed by atoms with Crippen LogP contribution in [0.15, 0.2) is 210 Å². The minimum Gasteiger partial charge on any atom is -0.309 e. The Labute approximate surface area is 357 Å². The lowest BCUT2D eigenvalue weighted by Gasteiger charge is -2.21. The maximum Gasteiger partial charge on any atom is 0.160 e. The Bertz CT molecular complexity index is 3630. The quantitative estimate of drug-likeness (QED) is 0.166. The van der Waals surface area contributed by atoms with Crippen LogP contribution in [0, 0.1) is 5.92 Å².